The largest absolute Gasteiger partial charge is 0.465 e. The summed E-state index contributed by atoms with van der Waals surface area (Å²) in [5, 5.41) is 5.19. The van der Waals surface area contributed by atoms with Gasteiger partial charge in [-0.25, -0.2) is 4.79 Å². The molecule has 0 saturated carbocycles. The quantitative estimate of drug-likeness (QED) is 0.673. The van der Waals surface area contributed by atoms with E-state index in [0.717, 1.165) is 10.9 Å². The van der Waals surface area contributed by atoms with Gasteiger partial charge < -0.3 is 10.1 Å². The highest BCUT2D eigenvalue weighted by Crippen LogP contribution is 2.23. The van der Waals surface area contributed by atoms with Gasteiger partial charge in [-0.1, -0.05) is 28.1 Å². The molecule has 0 saturated heterocycles. The van der Waals surface area contributed by atoms with Crippen molar-refractivity contribution in [2.45, 2.75) is 5.33 Å². The van der Waals surface area contributed by atoms with Crippen molar-refractivity contribution in [3.63, 3.8) is 0 Å². The number of hydrogen-bond donors (Lipinski definition) is 1. The van der Waals surface area contributed by atoms with Gasteiger partial charge in [-0.05, 0) is 29.1 Å². The van der Waals surface area contributed by atoms with Crippen molar-refractivity contribution < 1.29 is 14.3 Å². The second-order valence-corrected chi connectivity index (χ2v) is 5.42. The summed E-state index contributed by atoms with van der Waals surface area (Å²) < 4.78 is 4.67. The summed E-state index contributed by atoms with van der Waals surface area (Å²) in [4.78, 5) is 24.0. The molecule has 2 aromatic rings. The van der Waals surface area contributed by atoms with E-state index >= 15 is 0 Å². The number of ether oxygens (including phenoxy) is 1. The van der Waals surface area contributed by atoms with Crippen molar-refractivity contribution in [3.8, 4) is 0 Å². The molecule has 0 aliphatic rings. The highest BCUT2D eigenvalue weighted by molar-refractivity contribution is 9.08. The standard InChI is InChI=1S/C14H12BrNO3S/c1-19-14(18)12-11(6-7-20-12)16-13(17)10-4-2-9(8-15)3-5-10/h2-7H,8H2,1H3,(H,16,17). The Hall–Kier alpha value is -1.66. The minimum Gasteiger partial charge on any atom is -0.465 e. The molecule has 0 radical (unpaired) electrons. The predicted octanol–water partition coefficient (Wildman–Crippen LogP) is 3.68. The van der Waals surface area contributed by atoms with Crippen LogP contribution in [0.4, 0.5) is 5.69 Å². The average Bonchev–Trinajstić information content (AvgIpc) is 2.94. The molecule has 1 aromatic heterocycles. The second-order valence-electron chi connectivity index (χ2n) is 3.94. The van der Waals surface area contributed by atoms with Crippen LogP contribution in [0, 0.1) is 0 Å². The van der Waals surface area contributed by atoms with Crippen molar-refractivity contribution >= 4 is 44.8 Å². The van der Waals surface area contributed by atoms with Gasteiger partial charge in [0.2, 0.25) is 0 Å². The average molecular weight is 354 g/mol. The van der Waals surface area contributed by atoms with E-state index < -0.39 is 5.97 Å². The number of benzene rings is 1. The number of amides is 1. The normalized spacial score (nSPS) is 10.1. The van der Waals surface area contributed by atoms with Crippen molar-refractivity contribution in [3.05, 3.63) is 51.7 Å². The Bertz CT molecular complexity index is 622. The fourth-order valence-corrected chi connectivity index (χ4v) is 2.74. The van der Waals surface area contributed by atoms with Crippen molar-refractivity contribution in [2.75, 3.05) is 12.4 Å². The molecule has 0 spiro atoms. The van der Waals surface area contributed by atoms with Crippen LogP contribution in [0.1, 0.15) is 25.6 Å². The lowest BCUT2D eigenvalue weighted by molar-refractivity contribution is 0.0607. The van der Waals surface area contributed by atoms with E-state index in [1.54, 1.807) is 23.6 Å². The fraction of sp³-hybridized carbons (Fsp3) is 0.143. The van der Waals surface area contributed by atoms with Gasteiger partial charge in [0.1, 0.15) is 4.88 Å². The molecular weight excluding hydrogens is 342 g/mol. The predicted molar refractivity (Wildman–Crippen MR) is 82.7 cm³/mol. The molecule has 2 rings (SSSR count). The maximum Gasteiger partial charge on any atom is 0.350 e. The summed E-state index contributed by atoms with van der Waals surface area (Å²) in [5.74, 6) is -0.709. The molecule has 0 atom stereocenters. The first-order valence-corrected chi connectivity index (χ1v) is 7.78. The highest BCUT2D eigenvalue weighted by Gasteiger charge is 2.16. The lowest BCUT2D eigenvalue weighted by Gasteiger charge is -2.06. The second kappa shape index (κ2) is 6.67. The van der Waals surface area contributed by atoms with E-state index in [0.29, 0.717) is 16.1 Å². The molecule has 0 fully saturated rings. The molecule has 0 aliphatic heterocycles. The van der Waals surface area contributed by atoms with E-state index in [-0.39, 0.29) is 5.91 Å². The number of thiophene rings is 1. The number of halogens is 1. The Morgan fingerprint density at radius 3 is 2.55 bits per heavy atom. The van der Waals surface area contributed by atoms with Crippen LogP contribution in [0.15, 0.2) is 35.7 Å². The summed E-state index contributed by atoms with van der Waals surface area (Å²) >= 11 is 4.58. The smallest absolute Gasteiger partial charge is 0.350 e. The number of rotatable bonds is 4. The van der Waals surface area contributed by atoms with Gasteiger partial charge in [0.15, 0.2) is 0 Å². The van der Waals surface area contributed by atoms with Gasteiger partial charge in [0.05, 0.1) is 12.8 Å². The monoisotopic (exact) mass is 353 g/mol. The number of carbonyl (C=O) groups excluding carboxylic acids is 2. The molecule has 0 aliphatic carbocycles. The first-order chi connectivity index (χ1) is 9.65. The van der Waals surface area contributed by atoms with Gasteiger partial charge in [-0.2, -0.15) is 0 Å². The molecule has 1 heterocycles. The maximum atomic E-state index is 12.1. The Labute approximate surface area is 128 Å². The summed E-state index contributed by atoms with van der Waals surface area (Å²) in [5.41, 5.74) is 2.10. The van der Waals surface area contributed by atoms with Crippen molar-refractivity contribution in [2.24, 2.45) is 0 Å². The van der Waals surface area contributed by atoms with Crippen LogP contribution in [0.25, 0.3) is 0 Å². The van der Waals surface area contributed by atoms with Gasteiger partial charge in [-0.3, -0.25) is 4.79 Å². The van der Waals surface area contributed by atoms with Gasteiger partial charge in [0.25, 0.3) is 5.91 Å². The summed E-state index contributed by atoms with van der Waals surface area (Å²) in [6, 6.07) is 8.92. The third-order valence-corrected chi connectivity index (χ3v) is 4.20. The van der Waals surface area contributed by atoms with Gasteiger partial charge in [-0.15, -0.1) is 11.3 Å². The van der Waals surface area contributed by atoms with Crippen molar-refractivity contribution in [1.82, 2.24) is 0 Å². The van der Waals surface area contributed by atoms with E-state index in [1.807, 2.05) is 12.1 Å². The zero-order valence-corrected chi connectivity index (χ0v) is 13.1. The zero-order valence-electron chi connectivity index (χ0n) is 10.7. The minimum atomic E-state index is -0.454. The maximum absolute atomic E-state index is 12.1. The van der Waals surface area contributed by atoms with E-state index in [1.165, 1.54) is 18.4 Å². The topological polar surface area (TPSA) is 55.4 Å². The SMILES string of the molecule is COC(=O)c1sccc1NC(=O)c1ccc(CBr)cc1. The van der Waals surface area contributed by atoms with Gasteiger partial charge >= 0.3 is 5.97 Å². The number of esters is 1. The molecule has 6 heteroatoms. The Morgan fingerprint density at radius 1 is 1.25 bits per heavy atom. The van der Waals surface area contributed by atoms with Crippen LogP contribution >= 0.6 is 27.3 Å². The molecule has 0 unspecified atom stereocenters. The first-order valence-electron chi connectivity index (χ1n) is 5.77. The summed E-state index contributed by atoms with van der Waals surface area (Å²) in [6.07, 6.45) is 0. The van der Waals surface area contributed by atoms with Crippen LogP contribution in [0.5, 0.6) is 0 Å². The van der Waals surface area contributed by atoms with E-state index in [4.69, 9.17) is 0 Å². The molecule has 1 aromatic carbocycles. The van der Waals surface area contributed by atoms with E-state index in [9.17, 15) is 9.59 Å². The zero-order chi connectivity index (χ0) is 14.5. The fourth-order valence-electron chi connectivity index (χ4n) is 1.60. The number of carbonyl (C=O) groups is 2. The molecular formula is C14H12BrNO3S. The Balaban J connectivity index is 2.15. The number of alkyl halides is 1. The number of anilines is 1. The first kappa shape index (κ1) is 14.7. The number of nitrogens with one attached hydrogen (secondary N) is 1. The van der Waals surface area contributed by atoms with Crippen LogP contribution in [-0.4, -0.2) is 19.0 Å². The van der Waals surface area contributed by atoms with Crippen LogP contribution in [0.3, 0.4) is 0 Å². The molecule has 4 nitrogen and oxygen atoms in total. The van der Waals surface area contributed by atoms with Crippen molar-refractivity contribution in [1.29, 1.82) is 0 Å². The van der Waals surface area contributed by atoms with Crippen LogP contribution in [0.2, 0.25) is 0 Å². The molecule has 20 heavy (non-hydrogen) atoms. The Kier molecular flexibility index (Phi) is 4.92. The van der Waals surface area contributed by atoms with Crippen LogP contribution in [-0.2, 0) is 10.1 Å². The minimum absolute atomic E-state index is 0.255. The lowest BCUT2D eigenvalue weighted by atomic mass is 10.1. The summed E-state index contributed by atoms with van der Waals surface area (Å²) in [6.45, 7) is 0. The molecule has 1 N–H and O–H groups in total. The highest BCUT2D eigenvalue weighted by atomic mass is 79.9. The summed E-state index contributed by atoms with van der Waals surface area (Å²) in [7, 11) is 1.31. The third kappa shape index (κ3) is 3.26. The Morgan fingerprint density at radius 2 is 1.95 bits per heavy atom. The van der Waals surface area contributed by atoms with Crippen LogP contribution < -0.4 is 5.32 Å². The molecule has 0 bridgehead atoms. The molecule has 104 valence electrons. The number of methoxy groups -OCH3 is 1. The lowest BCUT2D eigenvalue weighted by Crippen LogP contribution is -2.13. The van der Waals surface area contributed by atoms with E-state index in [2.05, 4.69) is 26.0 Å². The molecule has 1 amide bonds. The number of hydrogen-bond acceptors (Lipinski definition) is 4. The van der Waals surface area contributed by atoms with Gasteiger partial charge in [0, 0.05) is 10.9 Å². The third-order valence-electron chi connectivity index (χ3n) is 2.65.